The first-order valence-corrected chi connectivity index (χ1v) is 8.52. The molecule has 0 aliphatic carbocycles. The zero-order valence-corrected chi connectivity index (χ0v) is 15.8. The molecule has 0 saturated heterocycles. The number of ether oxygens (including phenoxy) is 2. The molecule has 3 rings (SSSR count). The summed E-state index contributed by atoms with van der Waals surface area (Å²) in [5.41, 5.74) is 1.78. The number of aromatic nitrogens is 3. The maximum absolute atomic E-state index is 12.3. The van der Waals surface area contributed by atoms with E-state index in [-0.39, 0.29) is 18.3 Å². The zero-order chi connectivity index (χ0) is 17.6. The number of hydrogen-bond acceptors (Lipinski definition) is 6. The quantitative estimate of drug-likeness (QED) is 0.706. The Morgan fingerprint density at radius 2 is 1.96 bits per heavy atom. The molecule has 0 fully saturated rings. The highest BCUT2D eigenvalue weighted by Crippen LogP contribution is 2.32. The van der Waals surface area contributed by atoms with Gasteiger partial charge in [-0.15, -0.1) is 17.5 Å². The molecule has 142 valence electrons. The minimum atomic E-state index is -0.223. The van der Waals surface area contributed by atoms with Crippen LogP contribution in [0.4, 0.5) is 0 Å². The summed E-state index contributed by atoms with van der Waals surface area (Å²) in [4.78, 5) is 12.3. The average molecular weight is 382 g/mol. The molecular weight excluding hydrogens is 358 g/mol. The fourth-order valence-corrected chi connectivity index (χ4v) is 2.60. The van der Waals surface area contributed by atoms with E-state index in [0.717, 1.165) is 25.2 Å². The summed E-state index contributed by atoms with van der Waals surface area (Å²) < 4.78 is 12.7. The SMILES string of the molecule is CCCNCCNC(=O)c1nnn(-c2ccc3c(c2)OCCO3)c1C.Cl. The smallest absolute Gasteiger partial charge is 0.273 e. The Morgan fingerprint density at radius 3 is 2.73 bits per heavy atom. The molecular formula is C17H24ClN5O3. The molecule has 1 amide bonds. The molecule has 26 heavy (non-hydrogen) atoms. The number of halogens is 1. The summed E-state index contributed by atoms with van der Waals surface area (Å²) >= 11 is 0. The van der Waals surface area contributed by atoms with Crippen LogP contribution >= 0.6 is 12.4 Å². The van der Waals surface area contributed by atoms with Crippen molar-refractivity contribution in [2.75, 3.05) is 32.8 Å². The number of fused-ring (bicyclic) bond motifs is 1. The van der Waals surface area contributed by atoms with Crippen LogP contribution in [0.3, 0.4) is 0 Å². The van der Waals surface area contributed by atoms with Gasteiger partial charge in [0, 0.05) is 19.2 Å². The van der Waals surface area contributed by atoms with Crippen molar-refractivity contribution in [2.24, 2.45) is 0 Å². The maximum Gasteiger partial charge on any atom is 0.273 e. The van der Waals surface area contributed by atoms with Gasteiger partial charge >= 0.3 is 0 Å². The number of rotatable bonds is 7. The van der Waals surface area contributed by atoms with E-state index in [1.165, 1.54) is 0 Å². The first kappa shape index (κ1) is 20.0. The van der Waals surface area contributed by atoms with E-state index in [4.69, 9.17) is 9.47 Å². The molecule has 2 aromatic rings. The van der Waals surface area contributed by atoms with Gasteiger partial charge in [0.05, 0.1) is 11.4 Å². The summed E-state index contributed by atoms with van der Waals surface area (Å²) in [5.74, 6) is 1.16. The van der Waals surface area contributed by atoms with Gasteiger partial charge in [-0.05, 0) is 32.0 Å². The predicted molar refractivity (Wildman–Crippen MR) is 99.8 cm³/mol. The Bertz CT molecular complexity index is 750. The third-order valence-electron chi connectivity index (χ3n) is 3.89. The van der Waals surface area contributed by atoms with Crippen LogP contribution in [-0.4, -0.2) is 53.7 Å². The number of hydrogen-bond donors (Lipinski definition) is 2. The van der Waals surface area contributed by atoms with Crippen LogP contribution in [0.2, 0.25) is 0 Å². The van der Waals surface area contributed by atoms with Gasteiger partial charge in [0.25, 0.3) is 5.91 Å². The van der Waals surface area contributed by atoms with Crippen molar-refractivity contribution in [3.8, 4) is 17.2 Å². The molecule has 0 radical (unpaired) electrons. The Labute approximate surface area is 158 Å². The number of nitrogens with one attached hydrogen (secondary N) is 2. The Balaban J connectivity index is 0.00000243. The summed E-state index contributed by atoms with van der Waals surface area (Å²) in [5, 5.41) is 14.2. The van der Waals surface area contributed by atoms with Crippen molar-refractivity contribution in [3.63, 3.8) is 0 Å². The lowest BCUT2D eigenvalue weighted by Crippen LogP contribution is -2.32. The average Bonchev–Trinajstić information content (AvgIpc) is 3.02. The van der Waals surface area contributed by atoms with E-state index in [9.17, 15) is 4.79 Å². The highest BCUT2D eigenvalue weighted by Gasteiger charge is 2.19. The number of carbonyl (C=O) groups is 1. The van der Waals surface area contributed by atoms with Crippen LogP contribution in [-0.2, 0) is 0 Å². The van der Waals surface area contributed by atoms with E-state index in [2.05, 4.69) is 27.9 Å². The lowest BCUT2D eigenvalue weighted by molar-refractivity contribution is 0.0948. The third-order valence-corrected chi connectivity index (χ3v) is 3.89. The maximum atomic E-state index is 12.3. The fourth-order valence-electron chi connectivity index (χ4n) is 2.60. The highest BCUT2D eigenvalue weighted by molar-refractivity contribution is 5.93. The van der Waals surface area contributed by atoms with Gasteiger partial charge in [-0.1, -0.05) is 12.1 Å². The second-order valence-corrected chi connectivity index (χ2v) is 5.77. The summed E-state index contributed by atoms with van der Waals surface area (Å²) in [7, 11) is 0. The lowest BCUT2D eigenvalue weighted by Gasteiger charge is -2.18. The van der Waals surface area contributed by atoms with Crippen LogP contribution in [0.1, 0.15) is 29.5 Å². The van der Waals surface area contributed by atoms with Crippen molar-refractivity contribution in [3.05, 3.63) is 29.6 Å². The Hall–Kier alpha value is -2.32. The van der Waals surface area contributed by atoms with Crippen LogP contribution in [0, 0.1) is 6.92 Å². The molecule has 0 saturated carbocycles. The lowest BCUT2D eigenvalue weighted by atomic mass is 10.2. The number of nitrogens with zero attached hydrogens (tertiary/aromatic N) is 3. The molecule has 0 bridgehead atoms. The van der Waals surface area contributed by atoms with Crippen LogP contribution < -0.4 is 20.1 Å². The molecule has 1 aromatic carbocycles. The molecule has 0 atom stereocenters. The van der Waals surface area contributed by atoms with Gasteiger partial charge in [-0.3, -0.25) is 4.79 Å². The van der Waals surface area contributed by atoms with Crippen LogP contribution in [0.5, 0.6) is 11.5 Å². The summed E-state index contributed by atoms with van der Waals surface area (Å²) in [6, 6.07) is 5.54. The zero-order valence-electron chi connectivity index (χ0n) is 14.9. The summed E-state index contributed by atoms with van der Waals surface area (Å²) in [6.07, 6.45) is 1.07. The highest BCUT2D eigenvalue weighted by atomic mass is 35.5. The van der Waals surface area contributed by atoms with Gasteiger partial charge in [-0.25, -0.2) is 4.68 Å². The van der Waals surface area contributed by atoms with Crippen LogP contribution in [0.15, 0.2) is 18.2 Å². The number of carbonyl (C=O) groups excluding carboxylic acids is 1. The van der Waals surface area contributed by atoms with Gasteiger partial charge < -0.3 is 20.1 Å². The minimum absolute atomic E-state index is 0. The molecule has 0 unspecified atom stereocenters. The predicted octanol–water partition coefficient (Wildman–Crippen LogP) is 1.50. The van der Waals surface area contributed by atoms with E-state index in [1.807, 2.05) is 25.1 Å². The van der Waals surface area contributed by atoms with Crippen molar-refractivity contribution in [1.82, 2.24) is 25.6 Å². The fraction of sp³-hybridized carbons (Fsp3) is 0.471. The van der Waals surface area contributed by atoms with Gasteiger partial charge in [0.15, 0.2) is 17.2 Å². The second kappa shape index (κ2) is 9.40. The topological polar surface area (TPSA) is 90.3 Å². The monoisotopic (exact) mass is 381 g/mol. The van der Waals surface area contributed by atoms with E-state index in [0.29, 0.717) is 42.6 Å². The molecule has 2 heterocycles. The van der Waals surface area contributed by atoms with Crippen molar-refractivity contribution < 1.29 is 14.3 Å². The molecule has 2 N–H and O–H groups in total. The number of amides is 1. The van der Waals surface area contributed by atoms with Gasteiger partial charge in [-0.2, -0.15) is 0 Å². The molecule has 1 aliphatic heterocycles. The van der Waals surface area contributed by atoms with Crippen molar-refractivity contribution in [2.45, 2.75) is 20.3 Å². The molecule has 9 heteroatoms. The summed E-state index contributed by atoms with van der Waals surface area (Å²) in [6.45, 7) is 7.21. The van der Waals surface area contributed by atoms with E-state index < -0.39 is 0 Å². The van der Waals surface area contributed by atoms with Gasteiger partial charge in [0.1, 0.15) is 13.2 Å². The van der Waals surface area contributed by atoms with Gasteiger partial charge in [0.2, 0.25) is 0 Å². The normalized spacial score (nSPS) is 12.4. The van der Waals surface area contributed by atoms with E-state index >= 15 is 0 Å². The first-order valence-electron chi connectivity index (χ1n) is 8.52. The molecule has 0 spiro atoms. The standard InChI is InChI=1S/C17H23N5O3.ClH/c1-3-6-18-7-8-19-17(23)16-12(2)22(21-20-16)13-4-5-14-15(11-13)25-10-9-24-14;/h4-5,11,18H,3,6-10H2,1-2H3,(H,19,23);1H. The first-order chi connectivity index (χ1) is 12.2. The largest absolute Gasteiger partial charge is 0.486 e. The minimum Gasteiger partial charge on any atom is -0.486 e. The molecule has 1 aliphatic rings. The Kier molecular flexibility index (Phi) is 7.23. The van der Waals surface area contributed by atoms with Crippen molar-refractivity contribution >= 4 is 18.3 Å². The van der Waals surface area contributed by atoms with E-state index in [1.54, 1.807) is 4.68 Å². The van der Waals surface area contributed by atoms with Crippen LogP contribution in [0.25, 0.3) is 5.69 Å². The molecule has 8 nitrogen and oxygen atoms in total. The Morgan fingerprint density at radius 1 is 1.19 bits per heavy atom. The number of benzene rings is 1. The third kappa shape index (κ3) is 4.44. The molecule has 1 aromatic heterocycles. The van der Waals surface area contributed by atoms with Crippen molar-refractivity contribution in [1.29, 1.82) is 0 Å². The second-order valence-electron chi connectivity index (χ2n) is 5.77.